The average Bonchev–Trinajstić information content (AvgIpc) is 2.60. The maximum absolute atomic E-state index is 12.0. The fraction of sp³-hybridized carbons (Fsp3) is 0.0526. The predicted molar refractivity (Wildman–Crippen MR) is 92.1 cm³/mol. The first-order chi connectivity index (χ1) is 11.2. The van der Waals surface area contributed by atoms with Crippen LogP contribution in [0, 0.1) is 0 Å². The topological polar surface area (TPSA) is 58.2 Å². The van der Waals surface area contributed by atoms with Gasteiger partial charge in [-0.2, -0.15) is 0 Å². The number of benzene rings is 2. The van der Waals surface area contributed by atoms with Crippen LogP contribution in [-0.2, 0) is 9.59 Å². The van der Waals surface area contributed by atoms with Gasteiger partial charge < -0.3 is 10.6 Å². The number of amides is 2. The van der Waals surface area contributed by atoms with Crippen molar-refractivity contribution < 1.29 is 9.59 Å². The van der Waals surface area contributed by atoms with Crippen molar-refractivity contribution in [3.05, 3.63) is 83.6 Å². The van der Waals surface area contributed by atoms with E-state index < -0.39 is 0 Å². The maximum Gasteiger partial charge on any atom is 0.267 e. The highest BCUT2D eigenvalue weighted by Gasteiger charge is 2.09. The van der Waals surface area contributed by atoms with Crippen molar-refractivity contribution in [3.8, 4) is 0 Å². The minimum atomic E-state index is -0.361. The third-order valence-electron chi connectivity index (χ3n) is 3.07. The lowest BCUT2D eigenvalue weighted by atomic mass is 10.2. The standard InChI is InChI=1S/C19H18N2O2/c1-20-19(23)17(14-16-10-6-3-7-11-16)21-18(22)13-12-15-8-4-2-5-9-15/h2-14H,1H3,(H,20,23)(H,21,22)/b13-12+,17-14+. The van der Waals surface area contributed by atoms with Gasteiger partial charge in [-0.1, -0.05) is 60.7 Å². The van der Waals surface area contributed by atoms with Gasteiger partial charge >= 0.3 is 0 Å². The van der Waals surface area contributed by atoms with Crippen molar-refractivity contribution >= 4 is 24.0 Å². The summed E-state index contributed by atoms with van der Waals surface area (Å²) in [6, 6.07) is 18.8. The molecule has 0 radical (unpaired) electrons. The normalized spacial score (nSPS) is 11.3. The molecule has 2 aromatic carbocycles. The largest absolute Gasteiger partial charge is 0.354 e. The number of hydrogen-bond acceptors (Lipinski definition) is 2. The molecule has 0 aliphatic rings. The van der Waals surface area contributed by atoms with Crippen LogP contribution in [0.4, 0.5) is 0 Å². The Morgan fingerprint density at radius 3 is 2.00 bits per heavy atom. The molecule has 2 aromatic rings. The third kappa shape index (κ3) is 5.28. The molecule has 116 valence electrons. The molecule has 0 bridgehead atoms. The number of rotatable bonds is 5. The van der Waals surface area contributed by atoms with Crippen LogP contribution in [0.25, 0.3) is 12.2 Å². The van der Waals surface area contributed by atoms with Crippen LogP contribution in [0.1, 0.15) is 11.1 Å². The monoisotopic (exact) mass is 306 g/mol. The predicted octanol–water partition coefficient (Wildman–Crippen LogP) is 2.60. The molecule has 2 amide bonds. The van der Waals surface area contributed by atoms with E-state index in [0.29, 0.717) is 0 Å². The Morgan fingerprint density at radius 1 is 0.870 bits per heavy atom. The van der Waals surface area contributed by atoms with Crippen molar-refractivity contribution in [3.63, 3.8) is 0 Å². The molecular weight excluding hydrogens is 288 g/mol. The fourth-order valence-corrected chi connectivity index (χ4v) is 1.92. The van der Waals surface area contributed by atoms with Crippen LogP contribution in [0.3, 0.4) is 0 Å². The molecule has 0 unspecified atom stereocenters. The highest BCUT2D eigenvalue weighted by Crippen LogP contribution is 2.06. The van der Waals surface area contributed by atoms with Crippen LogP contribution in [-0.4, -0.2) is 18.9 Å². The molecule has 0 spiro atoms. The molecular formula is C19H18N2O2. The van der Waals surface area contributed by atoms with Gasteiger partial charge in [-0.15, -0.1) is 0 Å². The van der Waals surface area contributed by atoms with E-state index in [1.165, 1.54) is 13.1 Å². The SMILES string of the molecule is CNC(=O)/C(=C\c1ccccc1)NC(=O)/C=C/c1ccccc1. The summed E-state index contributed by atoms with van der Waals surface area (Å²) in [5.74, 6) is -0.713. The number of likely N-dealkylation sites (N-methyl/N-ethyl adjacent to an activating group) is 1. The number of nitrogens with one attached hydrogen (secondary N) is 2. The lowest BCUT2D eigenvalue weighted by Gasteiger charge is -2.07. The van der Waals surface area contributed by atoms with Gasteiger partial charge in [0, 0.05) is 13.1 Å². The Morgan fingerprint density at radius 2 is 1.43 bits per heavy atom. The van der Waals surface area contributed by atoms with Gasteiger partial charge in [-0.3, -0.25) is 9.59 Å². The smallest absolute Gasteiger partial charge is 0.267 e. The van der Waals surface area contributed by atoms with Gasteiger partial charge in [0.1, 0.15) is 5.70 Å². The van der Waals surface area contributed by atoms with Crippen molar-refractivity contribution in [2.24, 2.45) is 0 Å². The first kappa shape index (κ1) is 16.2. The molecule has 23 heavy (non-hydrogen) atoms. The minimum Gasteiger partial charge on any atom is -0.354 e. The number of carbonyl (C=O) groups excluding carboxylic acids is 2. The zero-order valence-corrected chi connectivity index (χ0v) is 12.8. The molecule has 2 N–H and O–H groups in total. The van der Waals surface area contributed by atoms with E-state index in [1.807, 2.05) is 60.7 Å². The lowest BCUT2D eigenvalue weighted by Crippen LogP contribution is -2.32. The Bertz CT molecular complexity index is 720. The summed E-state index contributed by atoms with van der Waals surface area (Å²) in [7, 11) is 1.52. The Balaban J connectivity index is 2.12. The molecule has 0 aliphatic heterocycles. The average molecular weight is 306 g/mol. The van der Waals surface area contributed by atoms with E-state index >= 15 is 0 Å². The molecule has 0 saturated heterocycles. The van der Waals surface area contributed by atoms with Gasteiger partial charge in [0.25, 0.3) is 5.91 Å². The summed E-state index contributed by atoms with van der Waals surface area (Å²) in [4.78, 5) is 23.9. The van der Waals surface area contributed by atoms with E-state index in [1.54, 1.807) is 12.2 Å². The van der Waals surface area contributed by atoms with Gasteiger partial charge in [0.15, 0.2) is 0 Å². The quantitative estimate of drug-likeness (QED) is 0.834. The van der Waals surface area contributed by atoms with Crippen molar-refractivity contribution in [2.75, 3.05) is 7.05 Å². The highest BCUT2D eigenvalue weighted by molar-refractivity contribution is 6.04. The minimum absolute atomic E-state index is 0.196. The molecule has 2 rings (SSSR count). The third-order valence-corrected chi connectivity index (χ3v) is 3.07. The molecule has 0 heterocycles. The number of hydrogen-bond donors (Lipinski definition) is 2. The van der Waals surface area contributed by atoms with Gasteiger partial charge in [-0.05, 0) is 23.3 Å². The second-order valence-corrected chi connectivity index (χ2v) is 4.78. The van der Waals surface area contributed by atoms with Crippen LogP contribution < -0.4 is 10.6 Å². The van der Waals surface area contributed by atoms with Crippen LogP contribution >= 0.6 is 0 Å². The molecule has 0 atom stereocenters. The molecule has 4 heteroatoms. The fourth-order valence-electron chi connectivity index (χ4n) is 1.92. The summed E-state index contributed by atoms with van der Waals surface area (Å²) in [6.07, 6.45) is 4.73. The van der Waals surface area contributed by atoms with Crippen LogP contribution in [0.2, 0.25) is 0 Å². The van der Waals surface area contributed by atoms with Gasteiger partial charge in [0.05, 0.1) is 0 Å². The van der Waals surface area contributed by atoms with E-state index in [9.17, 15) is 9.59 Å². The summed E-state index contributed by atoms with van der Waals surface area (Å²) in [6.45, 7) is 0. The molecule has 4 nitrogen and oxygen atoms in total. The molecule has 0 fully saturated rings. The number of carbonyl (C=O) groups is 2. The summed E-state index contributed by atoms with van der Waals surface area (Å²) >= 11 is 0. The second kappa shape index (κ2) is 8.34. The Labute approximate surface area is 135 Å². The Hall–Kier alpha value is -3.14. The summed E-state index contributed by atoms with van der Waals surface area (Å²) < 4.78 is 0. The summed E-state index contributed by atoms with van der Waals surface area (Å²) in [5, 5.41) is 5.13. The van der Waals surface area contributed by atoms with Gasteiger partial charge in [-0.25, -0.2) is 0 Å². The van der Waals surface area contributed by atoms with E-state index in [-0.39, 0.29) is 17.5 Å². The van der Waals surface area contributed by atoms with Crippen LogP contribution in [0.5, 0.6) is 0 Å². The van der Waals surface area contributed by atoms with Crippen molar-refractivity contribution in [1.82, 2.24) is 10.6 Å². The molecule has 0 saturated carbocycles. The van der Waals surface area contributed by atoms with Crippen molar-refractivity contribution in [1.29, 1.82) is 0 Å². The first-order valence-electron chi connectivity index (χ1n) is 7.22. The molecule has 0 aliphatic carbocycles. The first-order valence-corrected chi connectivity index (χ1v) is 7.22. The summed E-state index contributed by atoms with van der Waals surface area (Å²) in [5.41, 5.74) is 1.94. The van der Waals surface area contributed by atoms with Crippen LogP contribution in [0.15, 0.2) is 72.4 Å². The zero-order valence-electron chi connectivity index (χ0n) is 12.8. The lowest BCUT2D eigenvalue weighted by molar-refractivity contribution is -0.120. The highest BCUT2D eigenvalue weighted by atomic mass is 16.2. The van der Waals surface area contributed by atoms with E-state index in [0.717, 1.165) is 11.1 Å². The zero-order chi connectivity index (χ0) is 16.5. The van der Waals surface area contributed by atoms with Crippen molar-refractivity contribution in [2.45, 2.75) is 0 Å². The van der Waals surface area contributed by atoms with Gasteiger partial charge in [0.2, 0.25) is 5.91 Å². The van der Waals surface area contributed by atoms with E-state index in [2.05, 4.69) is 10.6 Å². The second-order valence-electron chi connectivity index (χ2n) is 4.78. The van der Waals surface area contributed by atoms with E-state index in [4.69, 9.17) is 0 Å². The Kier molecular flexibility index (Phi) is 5.89. The maximum atomic E-state index is 12.0. The molecule has 0 aromatic heterocycles.